The third-order valence-corrected chi connectivity index (χ3v) is 5.05. The second-order valence-electron chi connectivity index (χ2n) is 5.08. The molecule has 2 aromatic rings. The van der Waals surface area contributed by atoms with Gasteiger partial charge in [0, 0.05) is 30.1 Å². The van der Waals surface area contributed by atoms with E-state index in [9.17, 15) is 9.59 Å². The maximum Gasteiger partial charge on any atom is 0.251 e. The lowest BCUT2D eigenvalue weighted by molar-refractivity contribution is -0.120. The number of rotatable bonds is 7. The van der Waals surface area contributed by atoms with Crippen LogP contribution in [0.3, 0.4) is 0 Å². The highest BCUT2D eigenvalue weighted by molar-refractivity contribution is 8.00. The Hall–Kier alpha value is -1.67. The fourth-order valence-electron chi connectivity index (χ4n) is 1.89. The minimum Gasteiger partial charge on any atom is -0.355 e. The van der Waals surface area contributed by atoms with Gasteiger partial charge in [-0.25, -0.2) is 9.97 Å². The summed E-state index contributed by atoms with van der Waals surface area (Å²) in [5.74, 6) is -0.0774. The number of aryl methyl sites for hydroxylation is 2. The number of thioether (sulfide) groups is 1. The average Bonchev–Trinajstić information content (AvgIpc) is 2.94. The van der Waals surface area contributed by atoms with Crippen LogP contribution in [0.5, 0.6) is 0 Å². The fraction of sp³-hybridized carbons (Fsp3) is 0.467. The van der Waals surface area contributed by atoms with Crippen molar-refractivity contribution in [2.45, 2.75) is 44.0 Å². The van der Waals surface area contributed by atoms with Crippen molar-refractivity contribution >= 4 is 29.0 Å². The van der Waals surface area contributed by atoms with Crippen LogP contribution in [-0.4, -0.2) is 32.7 Å². The van der Waals surface area contributed by atoms with Crippen LogP contribution < -0.4 is 10.9 Å². The van der Waals surface area contributed by atoms with Crippen molar-refractivity contribution in [1.29, 1.82) is 0 Å². The Morgan fingerprint density at radius 2 is 2.26 bits per heavy atom. The monoisotopic (exact) mass is 352 g/mol. The van der Waals surface area contributed by atoms with Gasteiger partial charge < -0.3 is 10.3 Å². The molecule has 2 aromatic heterocycles. The lowest BCUT2D eigenvalue weighted by Crippen LogP contribution is -2.32. The largest absolute Gasteiger partial charge is 0.355 e. The fourth-order valence-corrected chi connectivity index (χ4v) is 3.65. The Labute approximate surface area is 143 Å². The van der Waals surface area contributed by atoms with E-state index in [0.717, 1.165) is 23.5 Å². The smallest absolute Gasteiger partial charge is 0.251 e. The van der Waals surface area contributed by atoms with Crippen LogP contribution >= 0.6 is 23.1 Å². The molecule has 23 heavy (non-hydrogen) atoms. The first-order valence-electron chi connectivity index (χ1n) is 7.43. The molecule has 6 nitrogen and oxygen atoms in total. The zero-order valence-corrected chi connectivity index (χ0v) is 15.0. The molecule has 2 N–H and O–H groups in total. The van der Waals surface area contributed by atoms with Crippen molar-refractivity contribution in [3.05, 3.63) is 38.2 Å². The van der Waals surface area contributed by atoms with Crippen LogP contribution in [0.1, 0.15) is 30.2 Å². The van der Waals surface area contributed by atoms with Gasteiger partial charge in [-0.3, -0.25) is 9.59 Å². The average molecular weight is 352 g/mol. The molecular formula is C15H20N4O2S2. The van der Waals surface area contributed by atoms with Crippen molar-refractivity contribution < 1.29 is 4.79 Å². The molecule has 2 rings (SSSR count). The lowest BCUT2D eigenvalue weighted by atomic mass is 10.3. The summed E-state index contributed by atoms with van der Waals surface area (Å²) in [7, 11) is 0. The molecule has 1 amide bonds. The Kier molecular flexibility index (Phi) is 6.35. The van der Waals surface area contributed by atoms with E-state index in [4.69, 9.17) is 0 Å². The molecule has 0 radical (unpaired) electrons. The first kappa shape index (κ1) is 17.7. The quantitative estimate of drug-likeness (QED) is 0.587. The first-order valence-corrected chi connectivity index (χ1v) is 9.19. The van der Waals surface area contributed by atoms with E-state index in [-0.39, 0.29) is 16.7 Å². The van der Waals surface area contributed by atoms with Crippen LogP contribution in [0, 0.1) is 6.92 Å². The number of amides is 1. The van der Waals surface area contributed by atoms with E-state index in [0.29, 0.717) is 17.4 Å². The molecule has 1 atom stereocenters. The third-order valence-electron chi connectivity index (χ3n) is 3.11. The van der Waals surface area contributed by atoms with Crippen molar-refractivity contribution in [1.82, 2.24) is 20.3 Å². The highest BCUT2D eigenvalue weighted by Crippen LogP contribution is 2.18. The van der Waals surface area contributed by atoms with Gasteiger partial charge >= 0.3 is 0 Å². The standard InChI is InChI=1S/C15H20N4O2S2/c1-4-11-8-22-13(18-11)5-6-16-14(21)10(3)23-15-17-9(2)7-12(20)19-15/h7-8,10H,4-6H2,1-3H3,(H,16,21)(H,17,19,20)/t10-/m1/s1. The van der Waals surface area contributed by atoms with Crippen LogP contribution in [-0.2, 0) is 17.6 Å². The van der Waals surface area contributed by atoms with Gasteiger partial charge in [0.15, 0.2) is 5.16 Å². The van der Waals surface area contributed by atoms with Gasteiger partial charge in [-0.2, -0.15) is 0 Å². The maximum atomic E-state index is 12.1. The number of carbonyl (C=O) groups is 1. The van der Waals surface area contributed by atoms with Crippen molar-refractivity contribution in [2.24, 2.45) is 0 Å². The summed E-state index contributed by atoms with van der Waals surface area (Å²) in [6.45, 7) is 6.17. The summed E-state index contributed by atoms with van der Waals surface area (Å²) >= 11 is 2.86. The van der Waals surface area contributed by atoms with Crippen molar-refractivity contribution in [3.63, 3.8) is 0 Å². The molecule has 0 fully saturated rings. The number of carbonyl (C=O) groups excluding carboxylic acids is 1. The summed E-state index contributed by atoms with van der Waals surface area (Å²) in [6.07, 6.45) is 1.66. The van der Waals surface area contributed by atoms with E-state index in [2.05, 4.69) is 32.6 Å². The Bertz CT molecular complexity index is 726. The number of thiazole rings is 1. The zero-order chi connectivity index (χ0) is 16.8. The van der Waals surface area contributed by atoms with Crippen LogP contribution in [0.25, 0.3) is 0 Å². The van der Waals surface area contributed by atoms with Gasteiger partial charge in [0.05, 0.1) is 16.0 Å². The number of aromatic nitrogens is 3. The number of aromatic amines is 1. The third kappa shape index (κ3) is 5.47. The molecule has 0 aliphatic rings. The normalized spacial score (nSPS) is 12.1. The Balaban J connectivity index is 1.81. The number of nitrogens with zero attached hydrogens (tertiary/aromatic N) is 2. The number of hydrogen-bond acceptors (Lipinski definition) is 6. The molecule has 8 heteroatoms. The lowest BCUT2D eigenvalue weighted by Gasteiger charge is -2.11. The molecule has 0 unspecified atom stereocenters. The molecule has 0 saturated heterocycles. The molecule has 0 aliphatic heterocycles. The van der Waals surface area contributed by atoms with Crippen LogP contribution in [0.4, 0.5) is 0 Å². The Morgan fingerprint density at radius 3 is 2.91 bits per heavy atom. The molecule has 0 saturated carbocycles. The number of nitrogens with one attached hydrogen (secondary N) is 2. The van der Waals surface area contributed by atoms with Gasteiger partial charge in [-0.05, 0) is 20.3 Å². The van der Waals surface area contributed by atoms with Gasteiger partial charge in [0.1, 0.15) is 0 Å². The SMILES string of the molecule is CCc1csc(CCNC(=O)[C@@H](C)Sc2nc(C)cc(=O)[nH]2)n1. The van der Waals surface area contributed by atoms with Gasteiger partial charge in [0.2, 0.25) is 5.91 Å². The zero-order valence-electron chi connectivity index (χ0n) is 13.4. The van der Waals surface area contributed by atoms with Crippen molar-refractivity contribution in [2.75, 3.05) is 6.54 Å². The molecule has 0 spiro atoms. The molecule has 0 aliphatic carbocycles. The molecule has 0 aromatic carbocycles. The van der Waals surface area contributed by atoms with E-state index in [1.165, 1.54) is 17.8 Å². The topological polar surface area (TPSA) is 87.7 Å². The predicted octanol–water partition coefficient (Wildman–Crippen LogP) is 1.94. The second-order valence-corrected chi connectivity index (χ2v) is 7.35. The number of hydrogen-bond donors (Lipinski definition) is 2. The predicted molar refractivity (Wildman–Crippen MR) is 93.1 cm³/mol. The van der Waals surface area contributed by atoms with Crippen LogP contribution in [0.2, 0.25) is 0 Å². The van der Waals surface area contributed by atoms with E-state index < -0.39 is 0 Å². The molecule has 0 bridgehead atoms. The highest BCUT2D eigenvalue weighted by atomic mass is 32.2. The first-order chi connectivity index (χ1) is 11.0. The molecule has 2 heterocycles. The van der Waals surface area contributed by atoms with Gasteiger partial charge in [0.25, 0.3) is 5.56 Å². The molecule has 124 valence electrons. The summed E-state index contributed by atoms with van der Waals surface area (Å²) < 4.78 is 0. The van der Waals surface area contributed by atoms with E-state index in [1.807, 2.05) is 0 Å². The van der Waals surface area contributed by atoms with E-state index in [1.54, 1.807) is 25.2 Å². The number of H-pyrrole nitrogens is 1. The summed E-state index contributed by atoms with van der Waals surface area (Å²) in [5, 5.41) is 6.11. The second kappa shape index (κ2) is 8.26. The van der Waals surface area contributed by atoms with Crippen molar-refractivity contribution in [3.8, 4) is 0 Å². The van der Waals surface area contributed by atoms with Gasteiger partial charge in [-0.15, -0.1) is 11.3 Å². The summed E-state index contributed by atoms with van der Waals surface area (Å²) in [5.41, 5.74) is 1.53. The minimum absolute atomic E-state index is 0.0774. The maximum absolute atomic E-state index is 12.1. The highest BCUT2D eigenvalue weighted by Gasteiger charge is 2.15. The summed E-state index contributed by atoms with van der Waals surface area (Å²) in [6, 6.07) is 1.42. The van der Waals surface area contributed by atoms with E-state index >= 15 is 0 Å². The minimum atomic E-state index is -0.331. The Morgan fingerprint density at radius 1 is 1.48 bits per heavy atom. The summed E-state index contributed by atoms with van der Waals surface area (Å²) in [4.78, 5) is 34.8. The van der Waals surface area contributed by atoms with Gasteiger partial charge in [-0.1, -0.05) is 18.7 Å². The van der Waals surface area contributed by atoms with Crippen LogP contribution in [0.15, 0.2) is 21.4 Å². The molecular weight excluding hydrogens is 332 g/mol.